The van der Waals surface area contributed by atoms with Gasteiger partial charge in [-0.05, 0) is 13.3 Å². The van der Waals surface area contributed by atoms with Gasteiger partial charge >= 0.3 is 0 Å². The SMILES string of the molecule is CCC(C)(C)c1n[nH]c(C)c1S(N)(=O)=O. The molecule has 15 heavy (non-hydrogen) atoms. The number of H-pyrrole nitrogens is 1. The highest BCUT2D eigenvalue weighted by atomic mass is 32.2. The van der Waals surface area contributed by atoms with Crippen molar-refractivity contribution in [3.8, 4) is 0 Å². The van der Waals surface area contributed by atoms with E-state index in [4.69, 9.17) is 5.14 Å². The van der Waals surface area contributed by atoms with Crippen LogP contribution in [0.2, 0.25) is 0 Å². The summed E-state index contributed by atoms with van der Waals surface area (Å²) in [7, 11) is -3.71. The molecule has 0 aliphatic rings. The number of nitrogens with two attached hydrogens (primary N) is 1. The van der Waals surface area contributed by atoms with Crippen LogP contribution in [0.1, 0.15) is 38.6 Å². The summed E-state index contributed by atoms with van der Waals surface area (Å²) in [5, 5.41) is 11.9. The first-order valence-corrected chi connectivity index (χ1v) is 6.33. The lowest BCUT2D eigenvalue weighted by atomic mass is 9.86. The van der Waals surface area contributed by atoms with Crippen LogP contribution >= 0.6 is 0 Å². The maximum absolute atomic E-state index is 11.4. The number of primary sulfonamides is 1. The fourth-order valence-electron chi connectivity index (χ4n) is 1.39. The number of nitrogens with zero attached hydrogens (tertiary/aromatic N) is 1. The van der Waals surface area contributed by atoms with Crippen molar-refractivity contribution in [2.75, 3.05) is 0 Å². The Bertz CT molecular complexity index is 460. The molecule has 0 aliphatic heterocycles. The van der Waals surface area contributed by atoms with Crippen LogP contribution < -0.4 is 5.14 Å². The van der Waals surface area contributed by atoms with Crippen LogP contribution in [0.3, 0.4) is 0 Å². The average Bonchev–Trinajstić information content (AvgIpc) is 2.46. The van der Waals surface area contributed by atoms with Gasteiger partial charge in [0.25, 0.3) is 0 Å². The van der Waals surface area contributed by atoms with Crippen molar-refractivity contribution in [2.24, 2.45) is 5.14 Å². The van der Waals surface area contributed by atoms with E-state index < -0.39 is 10.0 Å². The van der Waals surface area contributed by atoms with Crippen molar-refractivity contribution >= 4 is 10.0 Å². The molecule has 0 saturated heterocycles. The van der Waals surface area contributed by atoms with Crippen LogP contribution in [0, 0.1) is 6.92 Å². The fraction of sp³-hybridized carbons (Fsp3) is 0.667. The second kappa shape index (κ2) is 3.61. The maximum Gasteiger partial charge on any atom is 0.241 e. The number of sulfonamides is 1. The molecule has 1 rings (SSSR count). The van der Waals surface area contributed by atoms with E-state index in [1.165, 1.54) is 0 Å². The monoisotopic (exact) mass is 231 g/mol. The molecule has 3 N–H and O–H groups in total. The van der Waals surface area contributed by atoms with Crippen LogP contribution in [0.5, 0.6) is 0 Å². The molecule has 86 valence electrons. The zero-order chi connectivity index (χ0) is 11.9. The fourth-order valence-corrected chi connectivity index (χ4v) is 2.46. The minimum absolute atomic E-state index is 0.134. The second-order valence-electron chi connectivity index (χ2n) is 4.31. The topological polar surface area (TPSA) is 88.8 Å². The summed E-state index contributed by atoms with van der Waals surface area (Å²) in [5.74, 6) is 0. The van der Waals surface area contributed by atoms with Crippen molar-refractivity contribution in [2.45, 2.75) is 44.4 Å². The molecule has 0 radical (unpaired) electrons. The lowest BCUT2D eigenvalue weighted by Gasteiger charge is -2.21. The zero-order valence-corrected chi connectivity index (χ0v) is 10.3. The lowest BCUT2D eigenvalue weighted by Crippen LogP contribution is -2.23. The third-order valence-electron chi connectivity index (χ3n) is 2.70. The molecular weight excluding hydrogens is 214 g/mol. The van der Waals surface area contributed by atoms with Gasteiger partial charge in [0.2, 0.25) is 10.0 Å². The molecular formula is C9H17N3O2S. The zero-order valence-electron chi connectivity index (χ0n) is 9.46. The molecule has 0 atom stereocenters. The summed E-state index contributed by atoms with van der Waals surface area (Å²) in [6.07, 6.45) is 0.791. The molecule has 0 saturated carbocycles. The van der Waals surface area contributed by atoms with Crippen LogP contribution in [-0.4, -0.2) is 18.6 Å². The van der Waals surface area contributed by atoms with E-state index in [-0.39, 0.29) is 10.3 Å². The number of nitrogens with one attached hydrogen (secondary N) is 1. The first kappa shape index (κ1) is 12.2. The summed E-state index contributed by atoms with van der Waals surface area (Å²) in [6.45, 7) is 7.52. The summed E-state index contributed by atoms with van der Waals surface area (Å²) in [6, 6.07) is 0. The van der Waals surface area contributed by atoms with Crippen molar-refractivity contribution in [1.29, 1.82) is 0 Å². The largest absolute Gasteiger partial charge is 0.281 e. The minimum Gasteiger partial charge on any atom is -0.281 e. The minimum atomic E-state index is -3.71. The molecule has 0 unspecified atom stereocenters. The highest BCUT2D eigenvalue weighted by Crippen LogP contribution is 2.31. The molecule has 1 aromatic heterocycles. The molecule has 5 nitrogen and oxygen atoms in total. The van der Waals surface area contributed by atoms with Gasteiger partial charge in [0.05, 0.1) is 11.4 Å². The summed E-state index contributed by atoms with van der Waals surface area (Å²) < 4.78 is 22.8. The van der Waals surface area contributed by atoms with Crippen molar-refractivity contribution < 1.29 is 8.42 Å². The predicted molar refractivity (Wildman–Crippen MR) is 58.0 cm³/mol. The lowest BCUT2D eigenvalue weighted by molar-refractivity contribution is 0.477. The quantitative estimate of drug-likeness (QED) is 0.815. The summed E-state index contributed by atoms with van der Waals surface area (Å²) in [5.41, 5.74) is 0.714. The van der Waals surface area contributed by atoms with Gasteiger partial charge in [-0.3, -0.25) is 5.10 Å². The van der Waals surface area contributed by atoms with Gasteiger partial charge in [0.15, 0.2) is 0 Å². The molecule has 1 heterocycles. The molecule has 0 amide bonds. The van der Waals surface area contributed by atoms with E-state index in [1.807, 2.05) is 20.8 Å². The van der Waals surface area contributed by atoms with E-state index in [1.54, 1.807) is 6.92 Å². The molecule has 1 aromatic rings. The van der Waals surface area contributed by atoms with Crippen molar-refractivity contribution in [3.05, 3.63) is 11.4 Å². The average molecular weight is 231 g/mol. The van der Waals surface area contributed by atoms with Crippen LogP contribution in [0.4, 0.5) is 0 Å². The molecule has 0 bridgehead atoms. The first-order valence-electron chi connectivity index (χ1n) is 4.78. The van der Waals surface area contributed by atoms with Gasteiger partial charge in [-0.1, -0.05) is 20.8 Å². The van der Waals surface area contributed by atoms with Crippen LogP contribution in [0.25, 0.3) is 0 Å². The number of aromatic nitrogens is 2. The summed E-state index contributed by atoms with van der Waals surface area (Å²) in [4.78, 5) is 0.134. The van der Waals surface area contributed by atoms with E-state index >= 15 is 0 Å². The Balaban J connectivity index is 3.47. The number of hydrogen-bond donors (Lipinski definition) is 2. The van der Waals surface area contributed by atoms with Crippen molar-refractivity contribution in [1.82, 2.24) is 10.2 Å². The van der Waals surface area contributed by atoms with Gasteiger partial charge in [0, 0.05) is 5.41 Å². The second-order valence-corrected chi connectivity index (χ2v) is 5.81. The van der Waals surface area contributed by atoms with Gasteiger partial charge in [-0.2, -0.15) is 5.10 Å². The highest BCUT2D eigenvalue weighted by molar-refractivity contribution is 7.89. The van der Waals surface area contributed by atoms with E-state index in [2.05, 4.69) is 10.2 Å². The first-order chi connectivity index (χ1) is 6.70. The van der Waals surface area contributed by atoms with Crippen LogP contribution in [0.15, 0.2) is 4.90 Å². The summed E-state index contributed by atoms with van der Waals surface area (Å²) >= 11 is 0. The number of aromatic amines is 1. The molecule has 0 spiro atoms. The third kappa shape index (κ3) is 2.21. The standard InChI is InChI=1S/C9H17N3O2S/c1-5-9(3,4)8-7(15(10,13)14)6(2)11-12-8/h5H2,1-4H3,(H,11,12)(H2,10,13,14). The predicted octanol–water partition coefficient (Wildman–Crippen LogP) is 1.05. The van der Waals surface area contributed by atoms with Crippen molar-refractivity contribution in [3.63, 3.8) is 0 Å². The van der Waals surface area contributed by atoms with Gasteiger partial charge in [0.1, 0.15) is 4.90 Å². The van der Waals surface area contributed by atoms with E-state index in [0.29, 0.717) is 11.4 Å². The Hall–Kier alpha value is -0.880. The molecule has 0 aromatic carbocycles. The van der Waals surface area contributed by atoms with Gasteiger partial charge in [-0.15, -0.1) is 0 Å². The van der Waals surface area contributed by atoms with Crippen LogP contribution in [-0.2, 0) is 15.4 Å². The number of aryl methyl sites for hydroxylation is 1. The smallest absolute Gasteiger partial charge is 0.241 e. The normalized spacial score (nSPS) is 13.1. The third-order valence-corrected chi connectivity index (χ3v) is 3.77. The highest BCUT2D eigenvalue weighted by Gasteiger charge is 2.30. The Morgan fingerprint density at radius 2 is 2.00 bits per heavy atom. The van der Waals surface area contributed by atoms with Gasteiger partial charge < -0.3 is 0 Å². The number of rotatable bonds is 3. The number of hydrogen-bond acceptors (Lipinski definition) is 3. The Kier molecular flexibility index (Phi) is 2.93. The van der Waals surface area contributed by atoms with E-state index in [9.17, 15) is 8.42 Å². The molecule has 0 aliphatic carbocycles. The van der Waals surface area contributed by atoms with Gasteiger partial charge in [-0.25, -0.2) is 13.6 Å². The maximum atomic E-state index is 11.4. The molecule has 6 heteroatoms. The van der Waals surface area contributed by atoms with E-state index in [0.717, 1.165) is 6.42 Å². The Morgan fingerprint density at radius 1 is 1.47 bits per heavy atom. The Morgan fingerprint density at radius 3 is 2.40 bits per heavy atom. The molecule has 0 fully saturated rings. The Labute approximate surface area is 90.1 Å².